The lowest BCUT2D eigenvalue weighted by Crippen LogP contribution is -2.40. The standard InChI is InChI=1S/C21H22N2O3S/c24-20-10-9-17-14-18(13-16-7-3-11-22(20)21(16)17)27(25,26)23-12-4-6-15-5-1-2-8-19(15)23/h1-2,5,8,13-14H,3-4,6-7,9-12H2. The lowest BCUT2D eigenvalue weighted by molar-refractivity contribution is -0.119. The Bertz CT molecular complexity index is 1030. The van der Waals surface area contributed by atoms with Gasteiger partial charge in [0.05, 0.1) is 16.3 Å². The molecule has 1 amide bonds. The van der Waals surface area contributed by atoms with Crippen molar-refractivity contribution in [1.82, 2.24) is 0 Å². The molecule has 0 atom stereocenters. The van der Waals surface area contributed by atoms with Gasteiger partial charge < -0.3 is 4.90 Å². The molecule has 0 unspecified atom stereocenters. The van der Waals surface area contributed by atoms with E-state index in [9.17, 15) is 13.2 Å². The fraction of sp³-hybridized carbons (Fsp3) is 0.381. The van der Waals surface area contributed by atoms with E-state index in [1.165, 1.54) is 0 Å². The third-order valence-electron chi connectivity index (χ3n) is 5.90. The molecule has 0 aromatic heterocycles. The Labute approximate surface area is 159 Å². The van der Waals surface area contributed by atoms with Gasteiger partial charge in [0.2, 0.25) is 5.91 Å². The van der Waals surface area contributed by atoms with Crippen LogP contribution >= 0.6 is 0 Å². The zero-order valence-corrected chi connectivity index (χ0v) is 16.0. The molecule has 5 nitrogen and oxygen atoms in total. The van der Waals surface area contributed by atoms with Crippen molar-refractivity contribution in [2.75, 3.05) is 22.3 Å². The summed E-state index contributed by atoms with van der Waals surface area (Å²) < 4.78 is 28.6. The van der Waals surface area contributed by atoms with Crippen molar-refractivity contribution in [3.05, 3.63) is 53.1 Å². The number of hydrogen-bond donors (Lipinski definition) is 0. The molecular weight excluding hydrogens is 360 g/mol. The highest BCUT2D eigenvalue weighted by molar-refractivity contribution is 7.92. The number of nitrogens with zero attached hydrogens (tertiary/aromatic N) is 2. The van der Waals surface area contributed by atoms with Crippen LogP contribution in [0.5, 0.6) is 0 Å². The molecule has 6 heteroatoms. The maximum absolute atomic E-state index is 13.5. The topological polar surface area (TPSA) is 57.7 Å². The Morgan fingerprint density at radius 2 is 1.52 bits per heavy atom. The molecule has 3 aliphatic heterocycles. The molecule has 3 heterocycles. The maximum Gasteiger partial charge on any atom is 0.264 e. The summed E-state index contributed by atoms with van der Waals surface area (Å²) in [7, 11) is -3.62. The Balaban J connectivity index is 1.63. The minimum atomic E-state index is -3.62. The van der Waals surface area contributed by atoms with Crippen LogP contribution in [0, 0.1) is 0 Å². The van der Waals surface area contributed by atoms with E-state index in [2.05, 4.69) is 0 Å². The molecule has 3 aliphatic rings. The molecule has 0 spiro atoms. The smallest absolute Gasteiger partial charge is 0.264 e. The Morgan fingerprint density at radius 3 is 2.37 bits per heavy atom. The molecule has 27 heavy (non-hydrogen) atoms. The predicted octanol–water partition coefficient (Wildman–Crippen LogP) is 3.05. The van der Waals surface area contributed by atoms with Crippen molar-refractivity contribution >= 4 is 27.3 Å². The summed E-state index contributed by atoms with van der Waals surface area (Å²) in [6.07, 6.45) is 4.53. The van der Waals surface area contributed by atoms with Crippen molar-refractivity contribution in [1.29, 1.82) is 0 Å². The fourth-order valence-electron chi connectivity index (χ4n) is 4.65. The molecule has 0 saturated carbocycles. The first-order chi connectivity index (χ1) is 13.1. The second-order valence-corrected chi connectivity index (χ2v) is 9.41. The van der Waals surface area contributed by atoms with Gasteiger partial charge in [0, 0.05) is 19.5 Å². The molecule has 2 aromatic rings. The van der Waals surface area contributed by atoms with E-state index in [0.717, 1.165) is 60.3 Å². The SMILES string of the molecule is O=C1CCc2cc(S(=O)(=O)N3CCCc4ccccc43)cc3c2N1CCC3. The molecule has 0 radical (unpaired) electrons. The van der Waals surface area contributed by atoms with Crippen molar-refractivity contribution in [3.8, 4) is 0 Å². The molecular formula is C21H22N2O3S. The van der Waals surface area contributed by atoms with Crippen molar-refractivity contribution in [3.63, 3.8) is 0 Å². The first-order valence-electron chi connectivity index (χ1n) is 9.62. The van der Waals surface area contributed by atoms with E-state index in [1.807, 2.05) is 29.2 Å². The summed E-state index contributed by atoms with van der Waals surface area (Å²) in [5.74, 6) is 0.156. The maximum atomic E-state index is 13.5. The quantitative estimate of drug-likeness (QED) is 0.802. The van der Waals surface area contributed by atoms with Crippen molar-refractivity contribution < 1.29 is 13.2 Å². The van der Waals surface area contributed by atoms with Gasteiger partial charge in [-0.3, -0.25) is 9.10 Å². The van der Waals surface area contributed by atoms with Crippen LogP contribution in [0.25, 0.3) is 0 Å². The van der Waals surface area contributed by atoms with Crippen LogP contribution in [0.15, 0.2) is 41.3 Å². The van der Waals surface area contributed by atoms with Crippen LogP contribution in [0.4, 0.5) is 11.4 Å². The monoisotopic (exact) mass is 382 g/mol. The first-order valence-corrected chi connectivity index (χ1v) is 11.1. The van der Waals surface area contributed by atoms with E-state index in [-0.39, 0.29) is 5.91 Å². The Kier molecular flexibility index (Phi) is 3.79. The fourth-order valence-corrected chi connectivity index (χ4v) is 6.29. The van der Waals surface area contributed by atoms with Crippen LogP contribution in [0.3, 0.4) is 0 Å². The van der Waals surface area contributed by atoms with E-state index >= 15 is 0 Å². The number of anilines is 2. The zero-order chi connectivity index (χ0) is 18.6. The predicted molar refractivity (Wildman–Crippen MR) is 105 cm³/mol. The number of rotatable bonds is 2. The minimum absolute atomic E-state index is 0.156. The van der Waals surface area contributed by atoms with Crippen LogP contribution in [0.1, 0.15) is 36.0 Å². The highest BCUT2D eigenvalue weighted by Crippen LogP contribution is 2.39. The summed E-state index contributed by atoms with van der Waals surface area (Å²) in [5, 5.41) is 0. The van der Waals surface area contributed by atoms with Gasteiger partial charge >= 0.3 is 0 Å². The lowest BCUT2D eigenvalue weighted by Gasteiger charge is -2.36. The number of fused-ring (bicyclic) bond motifs is 1. The molecule has 140 valence electrons. The van der Waals surface area contributed by atoms with Gasteiger partial charge in [-0.25, -0.2) is 8.42 Å². The average molecular weight is 382 g/mol. The summed E-state index contributed by atoms with van der Waals surface area (Å²) in [6.45, 7) is 1.25. The van der Waals surface area contributed by atoms with Crippen LogP contribution in [0.2, 0.25) is 0 Å². The molecule has 0 N–H and O–H groups in total. The molecule has 0 aliphatic carbocycles. The largest absolute Gasteiger partial charge is 0.312 e. The van der Waals surface area contributed by atoms with Gasteiger partial charge in [0.15, 0.2) is 0 Å². The van der Waals surface area contributed by atoms with E-state index in [4.69, 9.17) is 0 Å². The van der Waals surface area contributed by atoms with Gasteiger partial charge in [-0.2, -0.15) is 0 Å². The van der Waals surface area contributed by atoms with E-state index in [0.29, 0.717) is 24.3 Å². The van der Waals surface area contributed by atoms with Gasteiger partial charge in [-0.1, -0.05) is 18.2 Å². The second kappa shape index (κ2) is 6.09. The summed E-state index contributed by atoms with van der Waals surface area (Å²) in [4.78, 5) is 14.5. The summed E-state index contributed by atoms with van der Waals surface area (Å²) in [6, 6.07) is 11.4. The number of carbonyl (C=O) groups excluding carboxylic acids is 1. The van der Waals surface area contributed by atoms with Crippen molar-refractivity contribution in [2.24, 2.45) is 0 Å². The molecule has 2 aromatic carbocycles. The van der Waals surface area contributed by atoms with Crippen LogP contribution < -0.4 is 9.21 Å². The summed E-state index contributed by atoms with van der Waals surface area (Å²) in [5.41, 5.74) is 4.84. The Hall–Kier alpha value is -2.34. The normalized spacial score (nSPS) is 18.9. The van der Waals surface area contributed by atoms with Crippen LogP contribution in [-0.4, -0.2) is 27.4 Å². The molecule has 5 rings (SSSR count). The number of para-hydroxylation sites is 1. The number of carbonyl (C=O) groups is 1. The first kappa shape index (κ1) is 16.8. The van der Waals surface area contributed by atoms with E-state index in [1.54, 1.807) is 16.4 Å². The number of sulfonamides is 1. The highest BCUT2D eigenvalue weighted by Gasteiger charge is 2.34. The van der Waals surface area contributed by atoms with Gasteiger partial charge in [-0.15, -0.1) is 0 Å². The Morgan fingerprint density at radius 1 is 0.815 bits per heavy atom. The third-order valence-corrected chi connectivity index (χ3v) is 7.69. The molecule has 0 bridgehead atoms. The number of benzene rings is 2. The van der Waals surface area contributed by atoms with Crippen molar-refractivity contribution in [2.45, 2.75) is 43.4 Å². The van der Waals surface area contributed by atoms with Gasteiger partial charge in [0.25, 0.3) is 10.0 Å². The lowest BCUT2D eigenvalue weighted by atomic mass is 9.92. The summed E-state index contributed by atoms with van der Waals surface area (Å²) >= 11 is 0. The third kappa shape index (κ3) is 2.57. The molecule has 0 fully saturated rings. The molecule has 0 saturated heterocycles. The highest BCUT2D eigenvalue weighted by atomic mass is 32.2. The van der Waals surface area contributed by atoms with Gasteiger partial charge in [0.1, 0.15) is 0 Å². The second-order valence-electron chi connectivity index (χ2n) is 7.55. The number of aryl methyl sites for hydroxylation is 3. The number of amides is 1. The number of hydrogen-bond acceptors (Lipinski definition) is 3. The van der Waals surface area contributed by atoms with Gasteiger partial charge in [-0.05, 0) is 67.0 Å². The average Bonchev–Trinajstić information content (AvgIpc) is 2.70. The minimum Gasteiger partial charge on any atom is -0.312 e. The van der Waals surface area contributed by atoms with Crippen LogP contribution in [-0.2, 0) is 34.1 Å². The zero-order valence-electron chi connectivity index (χ0n) is 15.1. The van der Waals surface area contributed by atoms with E-state index < -0.39 is 10.0 Å².